The van der Waals surface area contributed by atoms with Gasteiger partial charge < -0.3 is 10.6 Å². The number of hydrogen-bond acceptors (Lipinski definition) is 3. The molecule has 2 bridgehead atoms. The van der Waals surface area contributed by atoms with Gasteiger partial charge in [-0.25, -0.2) is 4.79 Å². The fourth-order valence-electron chi connectivity index (χ4n) is 5.00. The van der Waals surface area contributed by atoms with Gasteiger partial charge in [0.25, 0.3) is 0 Å². The molecule has 1 saturated carbocycles. The smallest absolute Gasteiger partial charge is 0.319 e. The third-order valence-corrected chi connectivity index (χ3v) is 6.10. The number of anilines is 1. The number of hydrogen-bond donors (Lipinski definition) is 2. The van der Waals surface area contributed by atoms with Crippen molar-refractivity contribution in [3.63, 3.8) is 0 Å². The van der Waals surface area contributed by atoms with Gasteiger partial charge >= 0.3 is 6.03 Å². The topological polar surface area (TPSA) is 78.5 Å². The van der Waals surface area contributed by atoms with Crippen LogP contribution in [0.1, 0.15) is 23.1 Å². The molecule has 4 rings (SSSR count). The highest BCUT2D eigenvalue weighted by molar-refractivity contribution is 6.06. The summed E-state index contributed by atoms with van der Waals surface area (Å²) in [5.41, 5.74) is 3.95. The minimum Gasteiger partial charge on any atom is -0.336 e. The molecule has 6 nitrogen and oxygen atoms in total. The van der Waals surface area contributed by atoms with Crippen LogP contribution in [0.15, 0.2) is 24.3 Å². The quantitative estimate of drug-likeness (QED) is 0.634. The lowest BCUT2D eigenvalue weighted by Crippen LogP contribution is -2.41. The summed E-state index contributed by atoms with van der Waals surface area (Å²) in [6.07, 6.45) is 5.09. The second-order valence-corrected chi connectivity index (χ2v) is 7.98. The summed E-state index contributed by atoms with van der Waals surface area (Å²) in [5, 5.41) is 5.63. The Bertz CT molecular complexity index is 807. The van der Waals surface area contributed by atoms with Crippen molar-refractivity contribution in [2.75, 3.05) is 18.4 Å². The zero-order valence-electron chi connectivity index (χ0n) is 15.9. The second-order valence-electron chi connectivity index (χ2n) is 7.98. The number of fused-ring (bicyclic) bond motifs is 5. The van der Waals surface area contributed by atoms with Crippen LogP contribution in [-0.4, -0.2) is 35.8 Å². The number of rotatable bonds is 4. The maximum atomic E-state index is 12.6. The maximum Gasteiger partial charge on any atom is 0.319 e. The van der Waals surface area contributed by atoms with E-state index in [2.05, 4.69) is 22.8 Å². The predicted octanol–water partition coefficient (Wildman–Crippen LogP) is 2.54. The average Bonchev–Trinajstić information content (AvgIpc) is 3.27. The van der Waals surface area contributed by atoms with E-state index in [0.717, 1.165) is 28.8 Å². The van der Waals surface area contributed by atoms with E-state index in [1.165, 1.54) is 4.90 Å². The molecule has 4 amide bonds. The molecule has 0 unspecified atom stereocenters. The molecular formula is C21H25N3O3. The van der Waals surface area contributed by atoms with Crippen molar-refractivity contribution in [1.82, 2.24) is 10.2 Å². The lowest BCUT2D eigenvalue weighted by molar-refractivity contribution is -0.140. The summed E-state index contributed by atoms with van der Waals surface area (Å²) >= 11 is 0. The molecule has 4 atom stereocenters. The van der Waals surface area contributed by atoms with Gasteiger partial charge in [0.15, 0.2) is 0 Å². The molecule has 2 aliphatic carbocycles. The molecule has 1 saturated heterocycles. The van der Waals surface area contributed by atoms with Crippen molar-refractivity contribution in [3.05, 3.63) is 41.0 Å². The van der Waals surface area contributed by atoms with Gasteiger partial charge in [-0.3, -0.25) is 14.5 Å². The van der Waals surface area contributed by atoms with E-state index in [-0.39, 0.29) is 54.6 Å². The number of allylic oxidation sites excluding steroid dienone is 2. The number of carbonyl (C=O) groups excluding carboxylic acids is 3. The van der Waals surface area contributed by atoms with Crippen molar-refractivity contribution in [3.8, 4) is 0 Å². The lowest BCUT2D eigenvalue weighted by atomic mass is 9.85. The Hall–Kier alpha value is -2.63. The van der Waals surface area contributed by atoms with Crippen LogP contribution < -0.4 is 10.6 Å². The molecule has 3 aliphatic rings. The fourth-order valence-corrected chi connectivity index (χ4v) is 5.00. The molecule has 0 radical (unpaired) electrons. The molecule has 27 heavy (non-hydrogen) atoms. The zero-order valence-corrected chi connectivity index (χ0v) is 15.9. The Morgan fingerprint density at radius 2 is 1.59 bits per heavy atom. The van der Waals surface area contributed by atoms with Crippen LogP contribution in [0.3, 0.4) is 0 Å². The minimum absolute atomic E-state index is 0.0747. The Morgan fingerprint density at radius 3 is 2.15 bits per heavy atom. The number of carbonyl (C=O) groups is 3. The third kappa shape index (κ3) is 2.93. The first kappa shape index (κ1) is 17.8. The van der Waals surface area contributed by atoms with Gasteiger partial charge in [-0.15, -0.1) is 0 Å². The molecule has 0 aromatic heterocycles. The van der Waals surface area contributed by atoms with Crippen LogP contribution in [0.25, 0.3) is 0 Å². The van der Waals surface area contributed by atoms with Crippen LogP contribution in [0.2, 0.25) is 0 Å². The van der Waals surface area contributed by atoms with Gasteiger partial charge in [0.05, 0.1) is 11.8 Å². The van der Waals surface area contributed by atoms with Gasteiger partial charge in [0.1, 0.15) is 0 Å². The summed E-state index contributed by atoms with van der Waals surface area (Å²) in [7, 11) is 0. The normalized spacial score (nSPS) is 28.0. The first-order valence-corrected chi connectivity index (χ1v) is 9.53. The van der Waals surface area contributed by atoms with E-state index in [1.54, 1.807) is 0 Å². The van der Waals surface area contributed by atoms with Crippen LogP contribution >= 0.6 is 0 Å². The largest absolute Gasteiger partial charge is 0.336 e. The number of imide groups is 1. The summed E-state index contributed by atoms with van der Waals surface area (Å²) in [4.78, 5) is 38.8. The Balaban J connectivity index is 1.32. The second kappa shape index (κ2) is 6.51. The Labute approximate surface area is 159 Å². The van der Waals surface area contributed by atoms with Gasteiger partial charge in [-0.1, -0.05) is 29.8 Å². The van der Waals surface area contributed by atoms with Crippen LogP contribution in [0.5, 0.6) is 0 Å². The van der Waals surface area contributed by atoms with Crippen molar-refractivity contribution < 1.29 is 14.4 Å². The van der Waals surface area contributed by atoms with Crippen LogP contribution in [0, 0.1) is 44.4 Å². The van der Waals surface area contributed by atoms with Crippen molar-refractivity contribution in [1.29, 1.82) is 0 Å². The molecule has 1 heterocycles. The van der Waals surface area contributed by atoms with Gasteiger partial charge in [-0.2, -0.15) is 0 Å². The van der Waals surface area contributed by atoms with Crippen molar-refractivity contribution in [2.24, 2.45) is 23.7 Å². The summed E-state index contributed by atoms with van der Waals surface area (Å²) < 4.78 is 0. The molecule has 142 valence electrons. The highest BCUT2D eigenvalue weighted by Crippen LogP contribution is 2.52. The first-order valence-electron chi connectivity index (χ1n) is 9.53. The van der Waals surface area contributed by atoms with Crippen molar-refractivity contribution in [2.45, 2.75) is 27.2 Å². The highest BCUT2D eigenvalue weighted by atomic mass is 16.2. The SMILES string of the molecule is Cc1cc(C)c(NC(=O)NCCN2C(=O)[C@H]3[C@H](C2=O)[C@H]2C=C[C@H]3C2)c(C)c1. The molecule has 2 fully saturated rings. The number of nitrogens with zero attached hydrogens (tertiary/aromatic N) is 1. The average molecular weight is 367 g/mol. The molecular weight excluding hydrogens is 342 g/mol. The molecule has 6 heteroatoms. The predicted molar refractivity (Wildman–Crippen MR) is 102 cm³/mol. The van der Waals surface area contributed by atoms with E-state index >= 15 is 0 Å². The minimum atomic E-state index is -0.328. The molecule has 1 aliphatic heterocycles. The Kier molecular flexibility index (Phi) is 4.29. The number of likely N-dealkylation sites (tertiary alicyclic amines) is 1. The summed E-state index contributed by atoms with van der Waals surface area (Å²) in [6, 6.07) is 3.71. The third-order valence-electron chi connectivity index (χ3n) is 6.10. The molecule has 0 spiro atoms. The molecule has 1 aromatic carbocycles. The van der Waals surface area contributed by atoms with E-state index in [1.807, 2.05) is 32.9 Å². The van der Waals surface area contributed by atoms with E-state index in [0.29, 0.717) is 0 Å². The Morgan fingerprint density at radius 1 is 1.04 bits per heavy atom. The van der Waals surface area contributed by atoms with Gasteiger partial charge in [-0.05, 0) is 50.2 Å². The van der Waals surface area contributed by atoms with Crippen LogP contribution in [-0.2, 0) is 9.59 Å². The monoisotopic (exact) mass is 367 g/mol. The van der Waals surface area contributed by atoms with E-state index < -0.39 is 0 Å². The van der Waals surface area contributed by atoms with Gasteiger partial charge in [0.2, 0.25) is 11.8 Å². The molecule has 1 aromatic rings. The first-order chi connectivity index (χ1) is 12.9. The highest BCUT2D eigenvalue weighted by Gasteiger charge is 2.58. The summed E-state index contributed by atoms with van der Waals surface area (Å²) in [5.74, 6) is -0.0858. The van der Waals surface area contributed by atoms with Gasteiger partial charge in [0, 0.05) is 18.8 Å². The molecule has 2 N–H and O–H groups in total. The standard InChI is InChI=1S/C21H25N3O3/c1-11-8-12(2)18(13(3)9-11)23-21(27)22-6-7-24-19(25)16-14-4-5-15(10-14)17(16)20(24)26/h4-5,8-9,14-17H,6-7,10H2,1-3H3,(H2,22,23,27)/t14-,15-,16+,17+/m0/s1. The number of amides is 4. The fraction of sp³-hybridized carbons (Fsp3) is 0.476. The van der Waals surface area contributed by atoms with Crippen LogP contribution in [0.4, 0.5) is 10.5 Å². The number of benzene rings is 1. The van der Waals surface area contributed by atoms with Crippen molar-refractivity contribution >= 4 is 23.5 Å². The number of nitrogens with one attached hydrogen (secondary N) is 2. The number of aryl methyl sites for hydroxylation is 3. The zero-order chi connectivity index (χ0) is 19.3. The maximum absolute atomic E-state index is 12.6. The lowest BCUT2D eigenvalue weighted by Gasteiger charge is -2.18. The van der Waals surface area contributed by atoms with E-state index in [9.17, 15) is 14.4 Å². The summed E-state index contributed by atoms with van der Waals surface area (Å²) in [6.45, 7) is 6.40. The number of urea groups is 1. The van der Waals surface area contributed by atoms with E-state index in [4.69, 9.17) is 0 Å².